The van der Waals surface area contributed by atoms with Crippen molar-refractivity contribution in [3.05, 3.63) is 36.4 Å². The average Bonchev–Trinajstić information content (AvgIpc) is 2.86. The van der Waals surface area contributed by atoms with Crippen molar-refractivity contribution in [3.8, 4) is 0 Å². The second-order valence-electron chi connectivity index (χ2n) is 4.80. The van der Waals surface area contributed by atoms with Gasteiger partial charge < -0.3 is 0 Å². The fourth-order valence-electron chi connectivity index (χ4n) is 2.37. The molecule has 0 atom stereocenters. The Labute approximate surface area is 101 Å². The molecule has 0 heteroatoms. The number of unbranched alkanes of at least 4 members (excludes halogenated alkanes) is 2. The summed E-state index contributed by atoms with van der Waals surface area (Å²) in [6.07, 6.45) is 11.9. The van der Waals surface area contributed by atoms with E-state index in [-0.39, 0.29) is 0 Å². The third-order valence-electron chi connectivity index (χ3n) is 3.36. The van der Waals surface area contributed by atoms with E-state index in [0.717, 1.165) is 5.92 Å². The second-order valence-corrected chi connectivity index (χ2v) is 4.80. The minimum Gasteiger partial charge on any atom is -0.0654 e. The average molecular weight is 218 g/mol. The van der Waals surface area contributed by atoms with Gasteiger partial charge in [-0.2, -0.15) is 0 Å². The first-order valence-electron chi connectivity index (χ1n) is 6.93. The molecule has 1 aliphatic carbocycles. The minimum absolute atomic E-state index is 1.12. The molecule has 1 saturated carbocycles. The molecule has 1 aromatic rings. The highest BCUT2D eigenvalue weighted by atomic mass is 14.2. The van der Waals surface area contributed by atoms with E-state index in [1.54, 1.807) is 0 Å². The Kier molecular flexibility index (Phi) is 7.84. The molecule has 0 N–H and O–H groups in total. The van der Waals surface area contributed by atoms with E-state index in [1.165, 1.54) is 51.4 Å². The van der Waals surface area contributed by atoms with E-state index in [4.69, 9.17) is 0 Å². The lowest BCUT2D eigenvalue weighted by Crippen LogP contribution is -1.91. The highest BCUT2D eigenvalue weighted by molar-refractivity contribution is 4.99. The van der Waals surface area contributed by atoms with Crippen LogP contribution in [0.1, 0.15) is 58.3 Å². The van der Waals surface area contributed by atoms with Crippen molar-refractivity contribution in [2.24, 2.45) is 5.92 Å². The summed E-state index contributed by atoms with van der Waals surface area (Å²) in [4.78, 5) is 0. The van der Waals surface area contributed by atoms with Crippen molar-refractivity contribution in [1.82, 2.24) is 0 Å². The summed E-state index contributed by atoms with van der Waals surface area (Å²) in [5.74, 6) is 1.12. The summed E-state index contributed by atoms with van der Waals surface area (Å²) in [5.41, 5.74) is 0. The molecule has 0 radical (unpaired) electrons. The number of hydrogen-bond acceptors (Lipinski definition) is 0. The summed E-state index contributed by atoms with van der Waals surface area (Å²) < 4.78 is 0. The zero-order valence-electron chi connectivity index (χ0n) is 10.7. The van der Waals surface area contributed by atoms with Crippen LogP contribution in [0.25, 0.3) is 0 Å². The Morgan fingerprint density at radius 1 is 0.812 bits per heavy atom. The van der Waals surface area contributed by atoms with Crippen molar-refractivity contribution in [1.29, 1.82) is 0 Å². The molecule has 0 aliphatic heterocycles. The van der Waals surface area contributed by atoms with Crippen molar-refractivity contribution in [3.63, 3.8) is 0 Å². The standard InChI is InChI=1S/C10H20.C6H6/c1-2-3-4-7-10-8-5-6-9-10;1-2-4-6-5-3-1/h10H,2-9H2,1H3;1-6H. The summed E-state index contributed by atoms with van der Waals surface area (Å²) in [6, 6.07) is 12.0. The van der Waals surface area contributed by atoms with Crippen molar-refractivity contribution >= 4 is 0 Å². The Bertz CT molecular complexity index is 194. The van der Waals surface area contributed by atoms with Crippen LogP contribution in [-0.2, 0) is 0 Å². The quantitative estimate of drug-likeness (QED) is 0.590. The molecule has 0 bridgehead atoms. The lowest BCUT2D eigenvalue weighted by Gasteiger charge is -2.06. The molecule has 2 rings (SSSR count). The van der Waals surface area contributed by atoms with Crippen molar-refractivity contribution < 1.29 is 0 Å². The van der Waals surface area contributed by atoms with Crippen LogP contribution in [0.2, 0.25) is 0 Å². The molecule has 0 aromatic heterocycles. The predicted octanol–water partition coefficient (Wildman–Crippen LogP) is 5.44. The van der Waals surface area contributed by atoms with Gasteiger partial charge in [0.05, 0.1) is 0 Å². The smallest absolute Gasteiger partial charge is 0.0414 e. The first kappa shape index (κ1) is 13.3. The summed E-state index contributed by atoms with van der Waals surface area (Å²) >= 11 is 0. The van der Waals surface area contributed by atoms with Gasteiger partial charge in [0.2, 0.25) is 0 Å². The Balaban J connectivity index is 0.000000181. The van der Waals surface area contributed by atoms with E-state index in [9.17, 15) is 0 Å². The van der Waals surface area contributed by atoms with Crippen LogP contribution in [0.3, 0.4) is 0 Å². The largest absolute Gasteiger partial charge is 0.0654 e. The monoisotopic (exact) mass is 218 g/mol. The summed E-state index contributed by atoms with van der Waals surface area (Å²) in [6.45, 7) is 2.29. The third kappa shape index (κ3) is 6.66. The van der Waals surface area contributed by atoms with Crippen LogP contribution in [0.15, 0.2) is 36.4 Å². The van der Waals surface area contributed by atoms with Gasteiger partial charge in [-0.05, 0) is 5.92 Å². The summed E-state index contributed by atoms with van der Waals surface area (Å²) in [5, 5.41) is 0. The van der Waals surface area contributed by atoms with Gasteiger partial charge in [-0.15, -0.1) is 0 Å². The maximum atomic E-state index is 2.29. The molecule has 1 aliphatic rings. The first-order chi connectivity index (χ1) is 7.93. The molecule has 0 nitrogen and oxygen atoms in total. The van der Waals surface area contributed by atoms with E-state index >= 15 is 0 Å². The molecular weight excluding hydrogens is 192 g/mol. The molecular formula is C16H26. The SMILES string of the molecule is CCCCCC1CCCC1.c1ccccc1. The molecule has 1 fully saturated rings. The van der Waals surface area contributed by atoms with Gasteiger partial charge in [0.15, 0.2) is 0 Å². The highest BCUT2D eigenvalue weighted by Crippen LogP contribution is 2.28. The highest BCUT2D eigenvalue weighted by Gasteiger charge is 2.13. The predicted molar refractivity (Wildman–Crippen MR) is 72.5 cm³/mol. The lowest BCUT2D eigenvalue weighted by molar-refractivity contribution is 0.471. The van der Waals surface area contributed by atoms with E-state index in [1.807, 2.05) is 36.4 Å². The topological polar surface area (TPSA) is 0 Å². The molecule has 0 heterocycles. The van der Waals surface area contributed by atoms with Crippen molar-refractivity contribution in [2.75, 3.05) is 0 Å². The molecule has 0 spiro atoms. The van der Waals surface area contributed by atoms with Crippen LogP contribution in [0, 0.1) is 5.92 Å². The Morgan fingerprint density at radius 2 is 1.31 bits per heavy atom. The fraction of sp³-hybridized carbons (Fsp3) is 0.625. The van der Waals surface area contributed by atoms with Gasteiger partial charge >= 0.3 is 0 Å². The molecule has 16 heavy (non-hydrogen) atoms. The van der Waals surface area contributed by atoms with Gasteiger partial charge in [0, 0.05) is 0 Å². The lowest BCUT2D eigenvalue weighted by atomic mass is 10.0. The zero-order chi connectivity index (χ0) is 11.5. The van der Waals surface area contributed by atoms with Crippen LogP contribution in [-0.4, -0.2) is 0 Å². The zero-order valence-corrected chi connectivity index (χ0v) is 10.7. The van der Waals surface area contributed by atoms with E-state index in [2.05, 4.69) is 6.92 Å². The number of rotatable bonds is 4. The third-order valence-corrected chi connectivity index (χ3v) is 3.36. The minimum atomic E-state index is 1.12. The normalized spacial score (nSPS) is 15.6. The van der Waals surface area contributed by atoms with Gasteiger partial charge in [0.1, 0.15) is 0 Å². The number of hydrogen-bond donors (Lipinski definition) is 0. The maximum Gasteiger partial charge on any atom is -0.0414 e. The van der Waals surface area contributed by atoms with Gasteiger partial charge in [0.25, 0.3) is 0 Å². The van der Waals surface area contributed by atoms with Crippen LogP contribution in [0.4, 0.5) is 0 Å². The van der Waals surface area contributed by atoms with E-state index in [0.29, 0.717) is 0 Å². The number of benzene rings is 1. The van der Waals surface area contributed by atoms with Gasteiger partial charge in [-0.25, -0.2) is 0 Å². The van der Waals surface area contributed by atoms with Gasteiger partial charge in [-0.1, -0.05) is 94.7 Å². The maximum absolute atomic E-state index is 2.29. The van der Waals surface area contributed by atoms with Gasteiger partial charge in [-0.3, -0.25) is 0 Å². The molecule has 1 aromatic carbocycles. The fourth-order valence-corrected chi connectivity index (χ4v) is 2.37. The molecule has 90 valence electrons. The Hall–Kier alpha value is -0.780. The summed E-state index contributed by atoms with van der Waals surface area (Å²) in [7, 11) is 0. The second kappa shape index (κ2) is 9.45. The Morgan fingerprint density at radius 3 is 1.75 bits per heavy atom. The van der Waals surface area contributed by atoms with Crippen LogP contribution < -0.4 is 0 Å². The van der Waals surface area contributed by atoms with Crippen LogP contribution in [0.5, 0.6) is 0 Å². The molecule has 0 saturated heterocycles. The van der Waals surface area contributed by atoms with Crippen molar-refractivity contribution in [2.45, 2.75) is 58.3 Å². The van der Waals surface area contributed by atoms with E-state index < -0.39 is 0 Å². The molecule has 0 amide bonds. The molecule has 0 unspecified atom stereocenters. The van der Waals surface area contributed by atoms with Crippen LogP contribution >= 0.6 is 0 Å². The first-order valence-corrected chi connectivity index (χ1v) is 6.93.